The highest BCUT2D eigenvalue weighted by Crippen LogP contribution is 2.36. The molecule has 0 bridgehead atoms. The summed E-state index contributed by atoms with van der Waals surface area (Å²) in [5.74, 6) is 1.22. The van der Waals surface area contributed by atoms with Gasteiger partial charge in [0.05, 0.1) is 29.1 Å². The molecule has 0 radical (unpaired) electrons. The summed E-state index contributed by atoms with van der Waals surface area (Å²) in [4.78, 5) is 20.7. The van der Waals surface area contributed by atoms with Crippen LogP contribution in [0.25, 0.3) is 10.9 Å². The predicted octanol–water partition coefficient (Wildman–Crippen LogP) is 4.80. The largest absolute Gasteiger partial charge is 0.494 e. The smallest absolute Gasteiger partial charge is 0.488 e. The highest BCUT2D eigenvalue weighted by Gasteiger charge is 2.51. The summed E-state index contributed by atoms with van der Waals surface area (Å²) in [5.41, 5.74) is 1.21. The summed E-state index contributed by atoms with van der Waals surface area (Å²) in [5, 5.41) is 3.65. The van der Waals surface area contributed by atoms with Crippen LogP contribution in [-0.4, -0.2) is 52.7 Å². The molecule has 1 aliphatic rings. The number of ether oxygens (including phenoxy) is 3. The van der Waals surface area contributed by atoms with Crippen molar-refractivity contribution in [3.8, 4) is 11.5 Å². The number of fused-ring (bicyclic) bond motifs is 1. The minimum Gasteiger partial charge on any atom is -0.488 e. The number of nitrogens with zero attached hydrogens (tertiary/aromatic N) is 2. The Morgan fingerprint density at radius 2 is 1.74 bits per heavy atom. The summed E-state index contributed by atoms with van der Waals surface area (Å²) in [6, 6.07) is 9.76. The lowest BCUT2D eigenvalue weighted by molar-refractivity contribution is 0.00578. The van der Waals surface area contributed by atoms with Crippen LogP contribution < -0.4 is 20.3 Å². The number of amides is 1. The molecule has 1 aromatic carbocycles. The molecule has 1 fully saturated rings. The maximum atomic E-state index is 11.9. The van der Waals surface area contributed by atoms with E-state index >= 15 is 0 Å². The Bertz CT molecular complexity index is 1310. The lowest BCUT2D eigenvalue weighted by Gasteiger charge is -2.32. The highest BCUT2D eigenvalue weighted by atomic mass is 16.7. The van der Waals surface area contributed by atoms with Crippen molar-refractivity contribution in [2.24, 2.45) is 0 Å². The standard InChI is InChI=1S/C29H38BN3O6/c1-19(18-35-23-11-20(14-31-16-23)15-33-26(34)37-27(2,3)4)36-24-13-21-12-22(9-10-25(21)32-17-24)30-38-28(5,6)29(7,8)39-30/h9-14,16-17,19H,15,18H2,1-8H3,(H,33,34)/t19-/m0/s1. The van der Waals surface area contributed by atoms with E-state index in [1.165, 1.54) is 0 Å². The number of alkyl carbamates (subject to hydrolysis) is 1. The zero-order chi connectivity index (χ0) is 28.4. The summed E-state index contributed by atoms with van der Waals surface area (Å²) < 4.78 is 29.6. The third-order valence-electron chi connectivity index (χ3n) is 6.63. The molecule has 9 nitrogen and oxygen atoms in total. The molecule has 3 aromatic rings. The Labute approximate surface area is 230 Å². The molecule has 39 heavy (non-hydrogen) atoms. The predicted molar refractivity (Wildman–Crippen MR) is 150 cm³/mol. The van der Waals surface area contributed by atoms with Crippen LogP contribution in [0.1, 0.15) is 61.0 Å². The second kappa shape index (κ2) is 11.0. The van der Waals surface area contributed by atoms with E-state index in [4.69, 9.17) is 23.5 Å². The quantitative estimate of drug-likeness (QED) is 0.411. The molecule has 10 heteroatoms. The van der Waals surface area contributed by atoms with E-state index in [2.05, 4.69) is 15.3 Å². The number of hydrogen-bond acceptors (Lipinski definition) is 8. The highest BCUT2D eigenvalue weighted by molar-refractivity contribution is 6.62. The first-order chi connectivity index (χ1) is 18.2. The van der Waals surface area contributed by atoms with Crippen LogP contribution in [-0.2, 0) is 20.6 Å². The lowest BCUT2D eigenvalue weighted by atomic mass is 9.78. The van der Waals surface area contributed by atoms with Gasteiger partial charge in [0.25, 0.3) is 0 Å². The van der Waals surface area contributed by atoms with Gasteiger partial charge in [0, 0.05) is 18.1 Å². The Hall–Kier alpha value is -3.37. The van der Waals surface area contributed by atoms with Crippen LogP contribution in [0.4, 0.5) is 4.79 Å². The minimum atomic E-state index is -0.556. The molecule has 0 spiro atoms. The zero-order valence-electron chi connectivity index (χ0n) is 24.0. The maximum absolute atomic E-state index is 11.9. The van der Waals surface area contributed by atoms with E-state index in [-0.39, 0.29) is 12.6 Å². The third-order valence-corrected chi connectivity index (χ3v) is 6.63. The van der Waals surface area contributed by atoms with Crippen LogP contribution in [0.5, 0.6) is 11.5 Å². The van der Waals surface area contributed by atoms with Crippen molar-refractivity contribution in [1.82, 2.24) is 15.3 Å². The van der Waals surface area contributed by atoms with Crippen molar-refractivity contribution in [2.75, 3.05) is 6.61 Å². The van der Waals surface area contributed by atoms with E-state index < -0.39 is 30.0 Å². The third kappa shape index (κ3) is 7.39. The SMILES string of the molecule is C[C@@H](COc1cncc(CNC(=O)OC(C)(C)C)c1)Oc1cnc2ccc(B3OC(C)(C)C(C)(C)O3)cc2c1. The van der Waals surface area contributed by atoms with E-state index in [0.29, 0.717) is 18.1 Å². The molecule has 0 unspecified atom stereocenters. The van der Waals surface area contributed by atoms with Crippen molar-refractivity contribution in [3.63, 3.8) is 0 Å². The van der Waals surface area contributed by atoms with Crippen LogP contribution in [0.2, 0.25) is 0 Å². The van der Waals surface area contributed by atoms with Crippen molar-refractivity contribution in [2.45, 2.75) is 84.8 Å². The molecule has 0 saturated carbocycles. The van der Waals surface area contributed by atoms with Gasteiger partial charge in [-0.3, -0.25) is 9.97 Å². The zero-order valence-corrected chi connectivity index (χ0v) is 24.0. The molecular weight excluding hydrogens is 497 g/mol. The van der Waals surface area contributed by atoms with Gasteiger partial charge in [0.15, 0.2) is 0 Å². The molecular formula is C29H38BN3O6. The van der Waals surface area contributed by atoms with Crippen molar-refractivity contribution in [1.29, 1.82) is 0 Å². The number of benzene rings is 1. The summed E-state index contributed by atoms with van der Waals surface area (Å²) in [7, 11) is -0.444. The van der Waals surface area contributed by atoms with Crippen LogP contribution >= 0.6 is 0 Å². The second-order valence-electron chi connectivity index (χ2n) is 11.8. The Balaban J connectivity index is 1.34. The van der Waals surface area contributed by atoms with Crippen LogP contribution in [0.15, 0.2) is 48.9 Å². The minimum absolute atomic E-state index is 0.251. The normalized spacial score (nSPS) is 17.1. The van der Waals surface area contributed by atoms with E-state index in [0.717, 1.165) is 21.9 Å². The molecule has 1 atom stereocenters. The fourth-order valence-electron chi connectivity index (χ4n) is 3.93. The van der Waals surface area contributed by atoms with Gasteiger partial charge in [-0.05, 0) is 84.6 Å². The molecule has 208 valence electrons. The first kappa shape index (κ1) is 28.6. The molecule has 3 heterocycles. The van der Waals surface area contributed by atoms with Crippen molar-refractivity contribution >= 4 is 29.6 Å². The maximum Gasteiger partial charge on any atom is 0.494 e. The van der Waals surface area contributed by atoms with Crippen molar-refractivity contribution in [3.05, 3.63) is 54.5 Å². The average molecular weight is 535 g/mol. The molecule has 0 aliphatic carbocycles. The number of carbonyl (C=O) groups excluding carboxylic acids is 1. The first-order valence-corrected chi connectivity index (χ1v) is 13.2. The number of aromatic nitrogens is 2. The monoisotopic (exact) mass is 535 g/mol. The number of carbonyl (C=O) groups is 1. The summed E-state index contributed by atoms with van der Waals surface area (Å²) in [6.45, 7) is 16.1. The van der Waals surface area contributed by atoms with Gasteiger partial charge >= 0.3 is 13.2 Å². The van der Waals surface area contributed by atoms with E-state index in [9.17, 15) is 4.79 Å². The average Bonchev–Trinajstić information content (AvgIpc) is 3.07. The van der Waals surface area contributed by atoms with Gasteiger partial charge < -0.3 is 28.8 Å². The van der Waals surface area contributed by atoms with Crippen LogP contribution in [0.3, 0.4) is 0 Å². The summed E-state index contributed by atoms with van der Waals surface area (Å²) in [6.07, 6.45) is 4.26. The lowest BCUT2D eigenvalue weighted by Crippen LogP contribution is -2.41. The van der Waals surface area contributed by atoms with Gasteiger partial charge in [0.2, 0.25) is 0 Å². The van der Waals surface area contributed by atoms with Gasteiger partial charge in [0.1, 0.15) is 29.8 Å². The second-order valence-corrected chi connectivity index (χ2v) is 11.8. The van der Waals surface area contributed by atoms with E-state index in [1.54, 1.807) is 18.6 Å². The molecule has 1 N–H and O–H groups in total. The van der Waals surface area contributed by atoms with Gasteiger partial charge in [-0.15, -0.1) is 0 Å². The molecule has 1 amide bonds. The van der Waals surface area contributed by atoms with Gasteiger partial charge in [-0.1, -0.05) is 12.1 Å². The Kier molecular flexibility index (Phi) is 8.09. The Morgan fingerprint density at radius 3 is 2.44 bits per heavy atom. The number of rotatable bonds is 8. The topological polar surface area (TPSA) is 101 Å². The fourth-order valence-corrected chi connectivity index (χ4v) is 3.93. The number of nitrogens with one attached hydrogen (secondary N) is 1. The molecule has 4 rings (SSSR count). The van der Waals surface area contributed by atoms with Crippen LogP contribution in [0, 0.1) is 0 Å². The van der Waals surface area contributed by atoms with Gasteiger partial charge in [-0.25, -0.2) is 4.79 Å². The summed E-state index contributed by atoms with van der Waals surface area (Å²) >= 11 is 0. The Morgan fingerprint density at radius 1 is 1.03 bits per heavy atom. The van der Waals surface area contributed by atoms with Gasteiger partial charge in [-0.2, -0.15) is 0 Å². The van der Waals surface area contributed by atoms with E-state index in [1.807, 2.05) is 85.7 Å². The molecule has 2 aromatic heterocycles. The fraction of sp³-hybridized carbons (Fsp3) is 0.483. The van der Waals surface area contributed by atoms with Crippen molar-refractivity contribution < 1.29 is 28.3 Å². The number of pyridine rings is 2. The molecule has 1 aliphatic heterocycles. The number of hydrogen-bond donors (Lipinski definition) is 1. The first-order valence-electron chi connectivity index (χ1n) is 13.2. The molecule has 1 saturated heterocycles.